The van der Waals surface area contributed by atoms with E-state index in [2.05, 4.69) is 34.2 Å². The van der Waals surface area contributed by atoms with Crippen LogP contribution in [0.4, 0.5) is 0 Å². The van der Waals surface area contributed by atoms with Gasteiger partial charge in [0.1, 0.15) is 17.5 Å². The quantitative estimate of drug-likeness (QED) is 0.573. The first-order valence-corrected chi connectivity index (χ1v) is 10.6. The molecule has 1 aliphatic carbocycles. The number of nitrogens with zero attached hydrogens (tertiary/aromatic N) is 2. The molecule has 150 valence electrons. The molecule has 1 saturated heterocycles. The van der Waals surface area contributed by atoms with E-state index in [0.717, 1.165) is 38.0 Å². The topological polar surface area (TPSA) is 49.7 Å². The molecule has 29 heavy (non-hydrogen) atoms. The average molecular weight is 389 g/mol. The summed E-state index contributed by atoms with van der Waals surface area (Å²) in [6.07, 6.45) is 4.48. The Hall–Kier alpha value is -2.59. The summed E-state index contributed by atoms with van der Waals surface area (Å²) in [6.45, 7) is 2.97. The number of aliphatic imine (C=N–C) groups is 1. The Labute approximate surface area is 172 Å². The number of hydrogen-bond donors (Lipinski definition) is 0. The van der Waals surface area contributed by atoms with Crippen molar-refractivity contribution in [2.45, 2.75) is 44.2 Å². The van der Waals surface area contributed by atoms with Crippen LogP contribution in [-0.4, -0.2) is 41.8 Å². The van der Waals surface area contributed by atoms with Crippen LogP contribution in [0.2, 0.25) is 0 Å². The van der Waals surface area contributed by atoms with Gasteiger partial charge < -0.3 is 0 Å². The number of hydrogen-bond acceptors (Lipinski definition) is 4. The van der Waals surface area contributed by atoms with Crippen LogP contribution in [0, 0.1) is 5.92 Å². The van der Waals surface area contributed by atoms with Crippen LogP contribution in [0.5, 0.6) is 0 Å². The number of ketones is 2. The smallest absolute Gasteiger partial charge is 0.149 e. The van der Waals surface area contributed by atoms with Crippen molar-refractivity contribution in [2.24, 2.45) is 10.9 Å². The van der Waals surface area contributed by atoms with E-state index in [1.807, 2.05) is 36.4 Å². The minimum Gasteiger partial charge on any atom is -0.299 e. The van der Waals surface area contributed by atoms with Gasteiger partial charge in [0, 0.05) is 38.7 Å². The van der Waals surface area contributed by atoms with Gasteiger partial charge in [-0.1, -0.05) is 60.7 Å². The molecule has 4 rings (SSSR count). The molecule has 0 bridgehead atoms. The van der Waals surface area contributed by atoms with Crippen molar-refractivity contribution in [1.29, 1.82) is 0 Å². The number of piperidine rings is 1. The number of Topliss-reactive ketones (excluding diaryl/α,β-unsaturated/α-hetero) is 2. The van der Waals surface area contributed by atoms with Crippen molar-refractivity contribution in [2.75, 3.05) is 13.1 Å². The summed E-state index contributed by atoms with van der Waals surface area (Å²) in [5.74, 6) is -0.597. The Kier molecular flexibility index (Phi) is 6.30. The first-order chi connectivity index (χ1) is 14.2. The van der Waals surface area contributed by atoms with Crippen LogP contribution in [-0.2, 0) is 16.1 Å². The predicted octanol–water partition coefficient (Wildman–Crippen LogP) is 4.05. The van der Waals surface area contributed by atoms with Crippen molar-refractivity contribution in [1.82, 2.24) is 4.90 Å². The third-order valence-electron chi connectivity index (χ3n) is 6.11. The summed E-state index contributed by atoms with van der Waals surface area (Å²) in [6, 6.07) is 20.6. The highest BCUT2D eigenvalue weighted by Crippen LogP contribution is 2.31. The zero-order chi connectivity index (χ0) is 20.1. The van der Waals surface area contributed by atoms with Gasteiger partial charge in [-0.15, -0.1) is 0 Å². The first kappa shape index (κ1) is 19.7. The lowest BCUT2D eigenvalue weighted by molar-refractivity contribution is -0.133. The SMILES string of the molecule is O=C1CC(c2ccccc2)CC(=O)C1C=NC1CCN(Cc2ccccc2)CC1. The van der Waals surface area contributed by atoms with Crippen molar-refractivity contribution >= 4 is 17.8 Å². The summed E-state index contributed by atoms with van der Waals surface area (Å²) in [7, 11) is 0. The molecule has 1 heterocycles. The Morgan fingerprint density at radius 1 is 0.862 bits per heavy atom. The third kappa shape index (κ3) is 5.07. The fourth-order valence-corrected chi connectivity index (χ4v) is 4.39. The Balaban J connectivity index is 1.28. The van der Waals surface area contributed by atoms with Crippen LogP contribution in [0.15, 0.2) is 65.7 Å². The van der Waals surface area contributed by atoms with Crippen LogP contribution < -0.4 is 0 Å². The number of benzene rings is 2. The number of likely N-dealkylation sites (tertiary alicyclic amines) is 1. The molecular weight excluding hydrogens is 360 g/mol. The van der Waals surface area contributed by atoms with E-state index < -0.39 is 5.92 Å². The molecule has 0 aromatic heterocycles. The molecule has 2 aliphatic rings. The lowest BCUT2D eigenvalue weighted by Gasteiger charge is -2.30. The van der Waals surface area contributed by atoms with Crippen molar-refractivity contribution in [3.8, 4) is 0 Å². The molecule has 0 unspecified atom stereocenters. The van der Waals surface area contributed by atoms with E-state index in [1.54, 1.807) is 6.21 Å². The van der Waals surface area contributed by atoms with Crippen LogP contribution >= 0.6 is 0 Å². The van der Waals surface area contributed by atoms with Gasteiger partial charge in [-0.2, -0.15) is 0 Å². The molecule has 1 aliphatic heterocycles. The maximum Gasteiger partial charge on any atom is 0.149 e. The maximum absolute atomic E-state index is 12.6. The Morgan fingerprint density at radius 2 is 1.45 bits per heavy atom. The Morgan fingerprint density at radius 3 is 2.07 bits per heavy atom. The summed E-state index contributed by atoms with van der Waals surface area (Å²) >= 11 is 0. The monoisotopic (exact) mass is 388 g/mol. The fraction of sp³-hybridized carbons (Fsp3) is 0.400. The molecule has 1 saturated carbocycles. The summed E-state index contributed by atoms with van der Waals surface area (Å²) < 4.78 is 0. The molecule has 4 nitrogen and oxygen atoms in total. The van der Waals surface area contributed by atoms with E-state index in [-0.39, 0.29) is 23.5 Å². The van der Waals surface area contributed by atoms with Crippen molar-refractivity contribution in [3.05, 3.63) is 71.8 Å². The number of carbonyl (C=O) groups excluding carboxylic acids is 2. The van der Waals surface area contributed by atoms with Gasteiger partial charge in [0.05, 0.1) is 6.04 Å². The van der Waals surface area contributed by atoms with Crippen LogP contribution in [0.25, 0.3) is 0 Å². The fourth-order valence-electron chi connectivity index (χ4n) is 4.39. The van der Waals surface area contributed by atoms with Gasteiger partial charge in [-0.25, -0.2) is 0 Å². The van der Waals surface area contributed by atoms with E-state index in [1.165, 1.54) is 5.56 Å². The largest absolute Gasteiger partial charge is 0.299 e. The second-order valence-corrected chi connectivity index (χ2v) is 8.22. The van der Waals surface area contributed by atoms with E-state index in [9.17, 15) is 9.59 Å². The second kappa shape index (κ2) is 9.27. The predicted molar refractivity (Wildman–Crippen MR) is 115 cm³/mol. The molecule has 0 atom stereocenters. The van der Waals surface area contributed by atoms with Gasteiger partial charge in [-0.05, 0) is 29.9 Å². The summed E-state index contributed by atoms with van der Waals surface area (Å²) in [5, 5.41) is 0. The molecule has 4 heteroatoms. The zero-order valence-corrected chi connectivity index (χ0v) is 16.7. The highest BCUT2D eigenvalue weighted by Gasteiger charge is 2.35. The molecule has 0 radical (unpaired) electrons. The zero-order valence-electron chi connectivity index (χ0n) is 16.7. The second-order valence-electron chi connectivity index (χ2n) is 8.22. The highest BCUT2D eigenvalue weighted by molar-refractivity contribution is 6.16. The van der Waals surface area contributed by atoms with Gasteiger partial charge >= 0.3 is 0 Å². The van der Waals surface area contributed by atoms with Crippen molar-refractivity contribution < 1.29 is 9.59 Å². The van der Waals surface area contributed by atoms with Crippen molar-refractivity contribution in [3.63, 3.8) is 0 Å². The van der Waals surface area contributed by atoms with Gasteiger partial charge in [0.15, 0.2) is 0 Å². The minimum absolute atomic E-state index is 0.0142. The normalized spacial score (nSPS) is 24.3. The standard InChI is InChI=1S/C25H28N2O2/c28-24-15-21(20-9-5-2-6-10-20)16-25(29)23(24)17-26-22-11-13-27(14-12-22)18-19-7-3-1-4-8-19/h1-10,17,21-23H,11-16,18H2. The number of carbonyl (C=O) groups is 2. The van der Waals surface area contributed by atoms with Crippen LogP contribution in [0.3, 0.4) is 0 Å². The molecular formula is C25H28N2O2. The summed E-state index contributed by atoms with van der Waals surface area (Å²) in [4.78, 5) is 32.3. The minimum atomic E-state index is -0.641. The molecule has 2 aromatic carbocycles. The maximum atomic E-state index is 12.6. The van der Waals surface area contributed by atoms with E-state index in [0.29, 0.717) is 12.8 Å². The summed E-state index contributed by atoms with van der Waals surface area (Å²) in [5.41, 5.74) is 2.41. The first-order valence-electron chi connectivity index (χ1n) is 10.6. The molecule has 0 N–H and O–H groups in total. The van der Waals surface area contributed by atoms with Gasteiger partial charge in [0.2, 0.25) is 0 Å². The Bertz CT molecular complexity index is 837. The molecule has 2 fully saturated rings. The van der Waals surface area contributed by atoms with Gasteiger partial charge in [-0.3, -0.25) is 19.5 Å². The van der Waals surface area contributed by atoms with E-state index in [4.69, 9.17) is 0 Å². The molecule has 2 aromatic rings. The van der Waals surface area contributed by atoms with Gasteiger partial charge in [0.25, 0.3) is 0 Å². The lowest BCUT2D eigenvalue weighted by Crippen LogP contribution is -2.36. The molecule has 0 spiro atoms. The van der Waals surface area contributed by atoms with E-state index >= 15 is 0 Å². The number of rotatable bonds is 5. The average Bonchev–Trinajstić information content (AvgIpc) is 2.75. The van der Waals surface area contributed by atoms with Crippen LogP contribution in [0.1, 0.15) is 42.7 Å². The molecule has 0 amide bonds. The third-order valence-corrected chi connectivity index (χ3v) is 6.11. The lowest BCUT2D eigenvalue weighted by atomic mass is 9.77. The highest BCUT2D eigenvalue weighted by atomic mass is 16.2.